The molecule has 5 unspecified atom stereocenters. The summed E-state index contributed by atoms with van der Waals surface area (Å²) in [7, 11) is 0. The van der Waals surface area contributed by atoms with Crippen LogP contribution >= 0.6 is 94.1 Å². The van der Waals surface area contributed by atoms with Gasteiger partial charge in [0, 0.05) is 82.5 Å². The lowest BCUT2D eigenvalue weighted by Crippen LogP contribution is -2.35. The van der Waals surface area contributed by atoms with Crippen LogP contribution in [-0.4, -0.2) is 0 Å². The van der Waals surface area contributed by atoms with Crippen LogP contribution in [0.5, 0.6) is 0 Å². The lowest BCUT2D eigenvalue weighted by Gasteiger charge is -2.47. The third-order valence-corrected chi connectivity index (χ3v) is 21.3. The van der Waals surface area contributed by atoms with E-state index < -0.39 is 0 Å². The van der Waals surface area contributed by atoms with E-state index >= 15 is 0 Å². The highest BCUT2D eigenvalue weighted by molar-refractivity contribution is 8.30. The summed E-state index contributed by atoms with van der Waals surface area (Å²) in [5.41, 5.74) is 0.368. The fourth-order valence-corrected chi connectivity index (χ4v) is 19.4. The minimum absolute atomic E-state index is 0.368. The van der Waals surface area contributed by atoms with Crippen LogP contribution in [0.15, 0.2) is 116 Å². The molecule has 2 aromatic carbocycles. The maximum atomic E-state index is 2.53. The van der Waals surface area contributed by atoms with Crippen molar-refractivity contribution >= 4 is 94.1 Å². The summed E-state index contributed by atoms with van der Waals surface area (Å²) >= 11 is 16.3. The van der Waals surface area contributed by atoms with Gasteiger partial charge in [-0.05, 0) is 54.4 Å². The first-order valence-corrected chi connectivity index (χ1v) is 21.7. The predicted molar refractivity (Wildman–Crippen MR) is 194 cm³/mol. The van der Waals surface area contributed by atoms with Crippen molar-refractivity contribution in [3.05, 3.63) is 76.7 Å². The minimum atomic E-state index is 0.368. The molecule has 0 spiro atoms. The molecule has 5 atom stereocenters. The zero-order valence-corrected chi connectivity index (χ0v) is 30.8. The summed E-state index contributed by atoms with van der Waals surface area (Å²) in [6, 6.07) is 10.0. The van der Waals surface area contributed by atoms with E-state index in [0.29, 0.717) is 29.1 Å². The van der Waals surface area contributed by atoms with Crippen LogP contribution in [0.1, 0.15) is 40.5 Å². The lowest BCUT2D eigenvalue weighted by atomic mass is 9.64. The fraction of sp³-hybridized carbons (Fsp3) is 0.371. The van der Waals surface area contributed by atoms with Gasteiger partial charge in [0.25, 0.3) is 0 Å². The van der Waals surface area contributed by atoms with Crippen molar-refractivity contribution in [1.82, 2.24) is 0 Å². The molecule has 218 valence electrons. The van der Waals surface area contributed by atoms with Crippen molar-refractivity contribution in [2.24, 2.45) is 40.9 Å². The Kier molecular flexibility index (Phi) is 6.50. The van der Waals surface area contributed by atoms with E-state index in [1.807, 2.05) is 47.0 Å². The molecule has 0 N–H and O–H groups in total. The lowest BCUT2D eigenvalue weighted by molar-refractivity contribution is 0.223. The maximum absolute atomic E-state index is 2.53. The van der Waals surface area contributed by atoms with Gasteiger partial charge >= 0.3 is 0 Å². The Morgan fingerprint density at radius 1 is 0.558 bits per heavy atom. The normalized spacial score (nSPS) is 33.6. The molecule has 6 aliphatic carbocycles. The monoisotopic (exact) mass is 706 g/mol. The van der Waals surface area contributed by atoms with E-state index in [9.17, 15) is 0 Å². The van der Waals surface area contributed by atoms with Gasteiger partial charge < -0.3 is 0 Å². The molecule has 0 radical (unpaired) electrons. The summed E-state index contributed by atoms with van der Waals surface area (Å²) in [5.74, 6) is 3.94. The maximum Gasteiger partial charge on any atom is 0.0706 e. The molecule has 2 aromatic rings. The van der Waals surface area contributed by atoms with Crippen molar-refractivity contribution in [3.8, 4) is 0 Å². The summed E-state index contributed by atoms with van der Waals surface area (Å²) in [4.78, 5) is 18.3. The molecule has 8 heteroatoms. The molecule has 0 amide bonds. The van der Waals surface area contributed by atoms with Gasteiger partial charge in [0.2, 0.25) is 0 Å². The fourth-order valence-electron chi connectivity index (χ4n) is 7.90. The SMILES string of the molecule is CC(C)C1CC2C=CC1C1=C2Sc2cc3c(cc2S1)SC(=C1Sc2cc4c(cc2S1)SC1=C(S4)C2C=CC1C(C)(C)C2)S3. The van der Waals surface area contributed by atoms with E-state index in [0.717, 1.165) is 11.8 Å². The van der Waals surface area contributed by atoms with Crippen molar-refractivity contribution in [1.29, 1.82) is 0 Å². The molecular weight excluding hydrogens is 677 g/mol. The minimum Gasteiger partial charge on any atom is -0.0918 e. The number of hydrogen-bond donors (Lipinski definition) is 0. The first-order valence-electron chi connectivity index (χ1n) is 15.2. The molecule has 43 heavy (non-hydrogen) atoms. The molecule has 4 bridgehead atoms. The van der Waals surface area contributed by atoms with Crippen LogP contribution in [-0.2, 0) is 0 Å². The summed E-state index contributed by atoms with van der Waals surface area (Å²) in [6.45, 7) is 9.76. The second-order valence-corrected chi connectivity index (χ2v) is 22.7. The zero-order valence-electron chi connectivity index (χ0n) is 24.3. The van der Waals surface area contributed by atoms with Crippen molar-refractivity contribution in [3.63, 3.8) is 0 Å². The van der Waals surface area contributed by atoms with Gasteiger partial charge in [-0.25, -0.2) is 0 Å². The first-order chi connectivity index (χ1) is 20.8. The van der Waals surface area contributed by atoms with Crippen molar-refractivity contribution < 1.29 is 0 Å². The standard InChI is InChI=1S/C35H30S8/c1-15(2)19-9-16-5-7-18(19)31-29(16)36-21-10-25-27(12-23(21)38-31)42-33(40-25)34-41-26-11-22-24(13-28(26)43-34)39-32-20-8-6-17(30(32)37-22)14-35(20,3)4/h5-8,10-13,15-20H,9,14H2,1-4H3. The highest BCUT2D eigenvalue weighted by Gasteiger charge is 2.46. The Morgan fingerprint density at radius 2 is 1.02 bits per heavy atom. The molecule has 4 heterocycles. The smallest absolute Gasteiger partial charge is 0.0706 e. The molecule has 0 nitrogen and oxygen atoms in total. The van der Waals surface area contributed by atoms with Gasteiger partial charge in [-0.2, -0.15) is 0 Å². The molecule has 10 aliphatic rings. The highest BCUT2D eigenvalue weighted by Crippen LogP contribution is 2.68. The van der Waals surface area contributed by atoms with E-state index in [1.165, 1.54) is 60.5 Å². The predicted octanol–water partition coefficient (Wildman–Crippen LogP) is 13.4. The van der Waals surface area contributed by atoms with Gasteiger partial charge in [0.1, 0.15) is 0 Å². The topological polar surface area (TPSA) is 0 Å². The number of fused-ring (bicyclic) bond motifs is 6. The molecule has 0 fully saturated rings. The average Bonchev–Trinajstić information content (AvgIpc) is 3.60. The Morgan fingerprint density at radius 3 is 1.56 bits per heavy atom. The van der Waals surface area contributed by atoms with Gasteiger partial charge in [-0.15, -0.1) is 0 Å². The third-order valence-electron chi connectivity index (χ3n) is 10.1. The van der Waals surface area contributed by atoms with Crippen molar-refractivity contribution in [2.45, 2.75) is 79.7 Å². The molecule has 0 saturated heterocycles. The Hall–Kier alpha value is -0.0600. The number of rotatable bonds is 1. The van der Waals surface area contributed by atoms with Crippen LogP contribution in [0.2, 0.25) is 0 Å². The average molecular weight is 707 g/mol. The van der Waals surface area contributed by atoms with E-state index in [-0.39, 0.29) is 0 Å². The molecular formula is C35H30S8. The van der Waals surface area contributed by atoms with E-state index in [2.05, 4.69) is 123 Å². The third kappa shape index (κ3) is 4.29. The number of thioether (sulfide) groups is 8. The highest BCUT2D eigenvalue weighted by atomic mass is 32.2. The second-order valence-electron chi connectivity index (χ2n) is 13.7. The molecule has 0 saturated carbocycles. The van der Waals surface area contributed by atoms with Gasteiger partial charge in [0.05, 0.1) is 8.47 Å². The number of benzene rings is 2. The number of allylic oxidation sites excluding steroid dienone is 8. The quantitative estimate of drug-likeness (QED) is 0.265. The van der Waals surface area contributed by atoms with Crippen LogP contribution in [0, 0.1) is 40.9 Å². The van der Waals surface area contributed by atoms with E-state index in [4.69, 9.17) is 0 Å². The molecule has 4 aliphatic heterocycles. The largest absolute Gasteiger partial charge is 0.0918 e. The van der Waals surface area contributed by atoms with Gasteiger partial charge in [-0.3, -0.25) is 0 Å². The Labute approximate surface area is 288 Å². The van der Waals surface area contributed by atoms with Gasteiger partial charge in [0.15, 0.2) is 0 Å². The number of hydrogen-bond acceptors (Lipinski definition) is 8. The molecule has 0 aromatic heterocycles. The van der Waals surface area contributed by atoms with Crippen molar-refractivity contribution in [2.75, 3.05) is 0 Å². The summed E-state index contributed by atoms with van der Waals surface area (Å²) in [5, 5.41) is 0. The van der Waals surface area contributed by atoms with E-state index in [1.54, 1.807) is 19.6 Å². The zero-order chi connectivity index (χ0) is 28.8. The first kappa shape index (κ1) is 28.0. The Bertz CT molecular complexity index is 1820. The van der Waals surface area contributed by atoms with Crippen LogP contribution in [0.3, 0.4) is 0 Å². The summed E-state index contributed by atoms with van der Waals surface area (Å²) in [6.07, 6.45) is 12.6. The summed E-state index contributed by atoms with van der Waals surface area (Å²) < 4.78 is 2.94. The second kappa shape index (κ2) is 9.98. The van der Waals surface area contributed by atoms with Crippen LogP contribution < -0.4 is 0 Å². The van der Waals surface area contributed by atoms with Gasteiger partial charge in [-0.1, -0.05) is 146 Å². The van der Waals surface area contributed by atoms with Crippen LogP contribution in [0.25, 0.3) is 0 Å². The van der Waals surface area contributed by atoms with Crippen LogP contribution in [0.4, 0.5) is 0 Å². The molecule has 12 rings (SSSR count). The Balaban J connectivity index is 0.910.